The van der Waals surface area contributed by atoms with E-state index in [1.165, 1.54) is 0 Å². The summed E-state index contributed by atoms with van der Waals surface area (Å²) in [5.74, 6) is 1.61. The number of fused-ring (bicyclic) bond motifs is 1. The number of nitrogens with one attached hydrogen (secondary N) is 2. The average molecular weight is 376 g/mol. The Labute approximate surface area is 142 Å². The van der Waals surface area contributed by atoms with Gasteiger partial charge in [0.15, 0.2) is 5.96 Å². The van der Waals surface area contributed by atoms with E-state index in [0.29, 0.717) is 13.1 Å². The molecular formula is C16H18BrN5O. The van der Waals surface area contributed by atoms with Crippen LogP contribution >= 0.6 is 15.9 Å². The van der Waals surface area contributed by atoms with Crippen molar-refractivity contribution in [3.8, 4) is 0 Å². The average Bonchev–Trinajstić information content (AvgIpc) is 3.18. The first-order valence-corrected chi connectivity index (χ1v) is 8.21. The van der Waals surface area contributed by atoms with E-state index in [1.807, 2.05) is 48.0 Å². The highest BCUT2D eigenvalue weighted by molar-refractivity contribution is 9.10. The summed E-state index contributed by atoms with van der Waals surface area (Å²) in [4.78, 5) is 9.12. The van der Waals surface area contributed by atoms with Crippen LogP contribution in [0.5, 0.6) is 0 Å². The molecule has 0 aliphatic carbocycles. The highest BCUT2D eigenvalue weighted by Gasteiger charge is 2.03. The fourth-order valence-corrected chi connectivity index (χ4v) is 2.53. The van der Waals surface area contributed by atoms with Gasteiger partial charge in [0.1, 0.15) is 11.4 Å². The molecule has 23 heavy (non-hydrogen) atoms. The molecule has 0 radical (unpaired) electrons. The van der Waals surface area contributed by atoms with Gasteiger partial charge in [0.2, 0.25) is 0 Å². The largest absolute Gasteiger partial charge is 0.467 e. The van der Waals surface area contributed by atoms with Crippen molar-refractivity contribution in [1.82, 2.24) is 20.0 Å². The summed E-state index contributed by atoms with van der Waals surface area (Å²) in [7, 11) is 0. The number of aromatic nitrogens is 2. The first-order valence-electron chi connectivity index (χ1n) is 7.42. The van der Waals surface area contributed by atoms with Gasteiger partial charge in [-0.25, -0.2) is 9.98 Å². The monoisotopic (exact) mass is 375 g/mol. The Morgan fingerprint density at radius 3 is 3.00 bits per heavy atom. The molecular weight excluding hydrogens is 358 g/mol. The van der Waals surface area contributed by atoms with Crippen molar-refractivity contribution in [3.63, 3.8) is 0 Å². The molecule has 0 bridgehead atoms. The highest BCUT2D eigenvalue weighted by atomic mass is 79.9. The second kappa shape index (κ2) is 7.32. The van der Waals surface area contributed by atoms with Gasteiger partial charge in [0, 0.05) is 23.4 Å². The first-order chi connectivity index (χ1) is 11.2. The second-order valence-electron chi connectivity index (χ2n) is 4.97. The van der Waals surface area contributed by atoms with Crippen molar-refractivity contribution in [2.24, 2.45) is 4.99 Å². The molecule has 3 heterocycles. The molecule has 0 fully saturated rings. The zero-order valence-corrected chi connectivity index (χ0v) is 14.4. The van der Waals surface area contributed by atoms with Gasteiger partial charge in [-0.05, 0) is 47.1 Å². The number of halogens is 1. The maximum absolute atomic E-state index is 5.31. The minimum atomic E-state index is 0.507. The lowest BCUT2D eigenvalue weighted by molar-refractivity contribution is 0.501. The van der Waals surface area contributed by atoms with Gasteiger partial charge in [0.05, 0.1) is 25.0 Å². The Balaban J connectivity index is 1.68. The molecule has 3 rings (SSSR count). The number of rotatable bonds is 5. The molecule has 3 aromatic heterocycles. The minimum Gasteiger partial charge on any atom is -0.467 e. The molecule has 0 aromatic carbocycles. The summed E-state index contributed by atoms with van der Waals surface area (Å²) in [5.41, 5.74) is 1.82. The molecule has 6 nitrogen and oxygen atoms in total. The van der Waals surface area contributed by atoms with Crippen LogP contribution in [0, 0.1) is 0 Å². The van der Waals surface area contributed by atoms with E-state index in [4.69, 9.17) is 4.42 Å². The van der Waals surface area contributed by atoms with Gasteiger partial charge < -0.3 is 19.5 Å². The Hall–Kier alpha value is -2.28. The molecule has 0 amide bonds. The Bertz CT molecular complexity index is 794. The number of guanidine groups is 1. The molecule has 120 valence electrons. The number of pyridine rings is 1. The Morgan fingerprint density at radius 2 is 2.22 bits per heavy atom. The Kier molecular flexibility index (Phi) is 4.97. The lowest BCUT2D eigenvalue weighted by Crippen LogP contribution is -2.36. The SMILES string of the molecule is CCNC(=NCc1cn2cc(Br)ccc2n1)NCc1ccco1. The number of hydrogen-bond donors (Lipinski definition) is 2. The molecule has 0 saturated heterocycles. The van der Waals surface area contributed by atoms with Crippen molar-refractivity contribution < 1.29 is 4.42 Å². The van der Waals surface area contributed by atoms with Crippen molar-refractivity contribution in [3.05, 3.63) is 58.8 Å². The lowest BCUT2D eigenvalue weighted by Gasteiger charge is -2.09. The van der Waals surface area contributed by atoms with Crippen LogP contribution in [-0.4, -0.2) is 21.9 Å². The normalized spacial score (nSPS) is 11.8. The van der Waals surface area contributed by atoms with Gasteiger partial charge in [-0.15, -0.1) is 0 Å². The molecule has 0 aliphatic rings. The number of aliphatic imine (C=N–C) groups is 1. The van der Waals surface area contributed by atoms with E-state index in [1.54, 1.807) is 6.26 Å². The summed E-state index contributed by atoms with van der Waals surface area (Å²) in [5, 5.41) is 6.45. The second-order valence-corrected chi connectivity index (χ2v) is 5.89. The van der Waals surface area contributed by atoms with E-state index >= 15 is 0 Å². The van der Waals surface area contributed by atoms with Crippen LogP contribution in [0.3, 0.4) is 0 Å². The van der Waals surface area contributed by atoms with Crippen LogP contribution in [0.15, 0.2) is 56.8 Å². The van der Waals surface area contributed by atoms with Crippen LogP contribution < -0.4 is 10.6 Å². The molecule has 3 aromatic rings. The number of imidazole rings is 1. The third-order valence-electron chi connectivity index (χ3n) is 3.22. The topological polar surface area (TPSA) is 66.9 Å². The summed E-state index contributed by atoms with van der Waals surface area (Å²) in [6.45, 7) is 3.93. The van der Waals surface area contributed by atoms with E-state index in [0.717, 1.165) is 34.1 Å². The zero-order valence-electron chi connectivity index (χ0n) is 12.8. The van der Waals surface area contributed by atoms with Gasteiger partial charge in [-0.2, -0.15) is 0 Å². The zero-order chi connectivity index (χ0) is 16.1. The van der Waals surface area contributed by atoms with E-state index in [-0.39, 0.29) is 0 Å². The quantitative estimate of drug-likeness (QED) is 0.531. The summed E-state index contributed by atoms with van der Waals surface area (Å²) < 4.78 is 8.31. The number of furan rings is 1. The standard InChI is InChI=1S/C16H18BrN5O/c1-2-18-16(20-9-14-4-3-7-23-14)19-8-13-11-22-10-12(17)5-6-15(22)21-13/h3-7,10-11H,2,8-9H2,1H3,(H2,18,19,20). The van der Waals surface area contributed by atoms with Crippen molar-refractivity contribution >= 4 is 27.5 Å². The molecule has 0 saturated carbocycles. The van der Waals surface area contributed by atoms with Crippen LogP contribution in [0.25, 0.3) is 5.65 Å². The van der Waals surface area contributed by atoms with Gasteiger partial charge in [-0.3, -0.25) is 0 Å². The summed E-state index contributed by atoms with van der Waals surface area (Å²) in [6, 6.07) is 7.74. The molecule has 0 unspecified atom stereocenters. The molecule has 2 N–H and O–H groups in total. The van der Waals surface area contributed by atoms with Crippen molar-refractivity contribution in [2.45, 2.75) is 20.0 Å². The van der Waals surface area contributed by atoms with Gasteiger partial charge >= 0.3 is 0 Å². The molecule has 7 heteroatoms. The van der Waals surface area contributed by atoms with Crippen molar-refractivity contribution in [1.29, 1.82) is 0 Å². The molecule has 0 atom stereocenters. The highest BCUT2D eigenvalue weighted by Crippen LogP contribution is 2.12. The lowest BCUT2D eigenvalue weighted by atomic mass is 10.4. The van der Waals surface area contributed by atoms with E-state index < -0.39 is 0 Å². The van der Waals surface area contributed by atoms with Gasteiger partial charge in [-0.1, -0.05) is 0 Å². The fourth-order valence-electron chi connectivity index (χ4n) is 2.18. The van der Waals surface area contributed by atoms with E-state index in [2.05, 4.69) is 36.5 Å². The molecule has 0 spiro atoms. The van der Waals surface area contributed by atoms with E-state index in [9.17, 15) is 0 Å². The van der Waals surface area contributed by atoms with Crippen LogP contribution in [0.2, 0.25) is 0 Å². The molecule has 0 aliphatic heterocycles. The maximum atomic E-state index is 5.31. The van der Waals surface area contributed by atoms with Crippen LogP contribution in [0.4, 0.5) is 0 Å². The number of hydrogen-bond acceptors (Lipinski definition) is 3. The summed E-state index contributed by atoms with van der Waals surface area (Å²) in [6.07, 6.45) is 5.63. The predicted molar refractivity (Wildman–Crippen MR) is 93.3 cm³/mol. The smallest absolute Gasteiger partial charge is 0.192 e. The summed E-state index contributed by atoms with van der Waals surface area (Å²) >= 11 is 3.46. The fraction of sp³-hybridized carbons (Fsp3) is 0.250. The Morgan fingerprint density at radius 1 is 1.30 bits per heavy atom. The maximum Gasteiger partial charge on any atom is 0.192 e. The van der Waals surface area contributed by atoms with Gasteiger partial charge in [0.25, 0.3) is 0 Å². The third kappa shape index (κ3) is 4.13. The van der Waals surface area contributed by atoms with Crippen molar-refractivity contribution in [2.75, 3.05) is 6.54 Å². The minimum absolute atomic E-state index is 0.507. The number of nitrogens with zero attached hydrogens (tertiary/aromatic N) is 3. The third-order valence-corrected chi connectivity index (χ3v) is 3.69. The van der Waals surface area contributed by atoms with Crippen LogP contribution in [-0.2, 0) is 13.1 Å². The van der Waals surface area contributed by atoms with Crippen LogP contribution in [0.1, 0.15) is 18.4 Å². The predicted octanol–water partition coefficient (Wildman–Crippen LogP) is 2.95. The first kappa shape index (κ1) is 15.6.